The molecule has 1 aliphatic rings. The standard InChI is InChI=1S/C25H30N2O4/c1-3-18(2)20-9-11-22(12-10-20)26-23(28)17-31-25(30)21-15-24(29)27(16-21)14-13-19-7-5-4-6-8-19/h4-12,18,21H,3,13-17H2,1-2H3,(H,26,28)/t18-,21+/m1/s1. The van der Waals surface area contributed by atoms with Crippen LogP contribution < -0.4 is 5.32 Å². The molecule has 2 atom stereocenters. The number of rotatable bonds is 9. The van der Waals surface area contributed by atoms with Crippen molar-refractivity contribution in [2.24, 2.45) is 5.92 Å². The van der Waals surface area contributed by atoms with E-state index in [4.69, 9.17) is 4.74 Å². The van der Waals surface area contributed by atoms with Crippen LogP contribution in [0.2, 0.25) is 0 Å². The molecule has 31 heavy (non-hydrogen) atoms. The molecule has 6 nitrogen and oxygen atoms in total. The fourth-order valence-electron chi connectivity index (χ4n) is 3.64. The molecule has 2 amide bonds. The predicted molar refractivity (Wildman–Crippen MR) is 120 cm³/mol. The second kappa shape index (κ2) is 10.8. The molecule has 0 aliphatic carbocycles. The molecule has 6 heteroatoms. The van der Waals surface area contributed by atoms with Crippen LogP contribution in [-0.2, 0) is 25.5 Å². The van der Waals surface area contributed by atoms with Gasteiger partial charge in [-0.1, -0.05) is 56.3 Å². The van der Waals surface area contributed by atoms with E-state index in [1.807, 2.05) is 54.6 Å². The molecule has 0 bridgehead atoms. The second-order valence-electron chi connectivity index (χ2n) is 8.06. The van der Waals surface area contributed by atoms with Gasteiger partial charge in [0.05, 0.1) is 5.92 Å². The highest BCUT2D eigenvalue weighted by Gasteiger charge is 2.35. The van der Waals surface area contributed by atoms with Crippen molar-refractivity contribution in [3.05, 3.63) is 65.7 Å². The molecule has 0 spiro atoms. The zero-order chi connectivity index (χ0) is 22.2. The third-order valence-electron chi connectivity index (χ3n) is 5.78. The smallest absolute Gasteiger partial charge is 0.311 e. The summed E-state index contributed by atoms with van der Waals surface area (Å²) in [5.74, 6) is -1.01. The molecule has 164 valence electrons. The van der Waals surface area contributed by atoms with Crippen molar-refractivity contribution in [1.82, 2.24) is 4.90 Å². The van der Waals surface area contributed by atoms with Gasteiger partial charge in [-0.05, 0) is 42.0 Å². The van der Waals surface area contributed by atoms with E-state index in [1.54, 1.807) is 4.90 Å². The summed E-state index contributed by atoms with van der Waals surface area (Å²) in [4.78, 5) is 38.4. The van der Waals surface area contributed by atoms with E-state index in [0.29, 0.717) is 24.7 Å². The van der Waals surface area contributed by atoms with E-state index in [0.717, 1.165) is 18.4 Å². The maximum atomic E-state index is 12.3. The number of amides is 2. The van der Waals surface area contributed by atoms with Crippen molar-refractivity contribution in [3.63, 3.8) is 0 Å². The summed E-state index contributed by atoms with van der Waals surface area (Å²) in [7, 11) is 0. The molecule has 3 rings (SSSR count). The van der Waals surface area contributed by atoms with E-state index in [9.17, 15) is 14.4 Å². The number of hydrogen-bond acceptors (Lipinski definition) is 4. The van der Waals surface area contributed by atoms with Crippen molar-refractivity contribution < 1.29 is 19.1 Å². The van der Waals surface area contributed by atoms with Crippen LogP contribution in [0.3, 0.4) is 0 Å². The Bertz CT molecular complexity index is 895. The highest BCUT2D eigenvalue weighted by atomic mass is 16.5. The summed E-state index contributed by atoms with van der Waals surface area (Å²) in [6.45, 7) is 4.84. The molecule has 0 radical (unpaired) electrons. The Morgan fingerprint density at radius 1 is 1.13 bits per heavy atom. The zero-order valence-electron chi connectivity index (χ0n) is 18.2. The van der Waals surface area contributed by atoms with Crippen molar-refractivity contribution in [2.75, 3.05) is 25.0 Å². The van der Waals surface area contributed by atoms with Gasteiger partial charge in [0.1, 0.15) is 0 Å². The van der Waals surface area contributed by atoms with Gasteiger partial charge in [0.25, 0.3) is 5.91 Å². The molecule has 0 saturated carbocycles. The number of nitrogens with one attached hydrogen (secondary N) is 1. The fourth-order valence-corrected chi connectivity index (χ4v) is 3.64. The van der Waals surface area contributed by atoms with E-state index in [-0.39, 0.29) is 18.9 Å². The molecule has 2 aromatic rings. The Morgan fingerprint density at radius 3 is 2.52 bits per heavy atom. The minimum absolute atomic E-state index is 0.0521. The molecule has 1 fully saturated rings. The van der Waals surface area contributed by atoms with Gasteiger partial charge in [-0.15, -0.1) is 0 Å². The Labute approximate surface area is 183 Å². The first kappa shape index (κ1) is 22.5. The lowest BCUT2D eigenvalue weighted by Gasteiger charge is -2.16. The predicted octanol–water partition coefficient (Wildman–Crippen LogP) is 3.77. The van der Waals surface area contributed by atoms with Crippen LogP contribution in [0.1, 0.15) is 43.7 Å². The van der Waals surface area contributed by atoms with Gasteiger partial charge in [0, 0.05) is 25.2 Å². The van der Waals surface area contributed by atoms with Crippen LogP contribution >= 0.6 is 0 Å². The number of carbonyl (C=O) groups excluding carboxylic acids is 3. The van der Waals surface area contributed by atoms with Crippen LogP contribution in [0.4, 0.5) is 5.69 Å². The maximum absolute atomic E-state index is 12.3. The van der Waals surface area contributed by atoms with Crippen molar-refractivity contribution in [3.8, 4) is 0 Å². The van der Waals surface area contributed by atoms with Crippen LogP contribution in [0.15, 0.2) is 54.6 Å². The van der Waals surface area contributed by atoms with Gasteiger partial charge in [-0.25, -0.2) is 0 Å². The van der Waals surface area contributed by atoms with Gasteiger partial charge < -0.3 is 15.0 Å². The van der Waals surface area contributed by atoms with Crippen molar-refractivity contribution in [1.29, 1.82) is 0 Å². The number of ether oxygens (including phenoxy) is 1. The summed E-state index contributed by atoms with van der Waals surface area (Å²) < 4.78 is 5.17. The van der Waals surface area contributed by atoms with E-state index in [1.165, 1.54) is 5.56 Å². The highest BCUT2D eigenvalue weighted by molar-refractivity contribution is 5.93. The van der Waals surface area contributed by atoms with Crippen LogP contribution in [0, 0.1) is 5.92 Å². The summed E-state index contributed by atoms with van der Waals surface area (Å²) >= 11 is 0. The summed E-state index contributed by atoms with van der Waals surface area (Å²) in [6, 6.07) is 17.6. The number of hydrogen-bond donors (Lipinski definition) is 1. The molecule has 1 N–H and O–H groups in total. The van der Waals surface area contributed by atoms with E-state index >= 15 is 0 Å². The maximum Gasteiger partial charge on any atom is 0.311 e. The largest absolute Gasteiger partial charge is 0.455 e. The van der Waals surface area contributed by atoms with Crippen LogP contribution in [0.5, 0.6) is 0 Å². The van der Waals surface area contributed by atoms with E-state index < -0.39 is 17.8 Å². The van der Waals surface area contributed by atoms with Crippen molar-refractivity contribution >= 4 is 23.5 Å². The van der Waals surface area contributed by atoms with Gasteiger partial charge in [0.15, 0.2) is 6.61 Å². The quantitative estimate of drug-likeness (QED) is 0.624. The van der Waals surface area contributed by atoms with Crippen LogP contribution in [0.25, 0.3) is 0 Å². The highest BCUT2D eigenvalue weighted by Crippen LogP contribution is 2.21. The topological polar surface area (TPSA) is 75.7 Å². The van der Waals surface area contributed by atoms with Gasteiger partial charge in [0.2, 0.25) is 5.91 Å². The summed E-state index contributed by atoms with van der Waals surface area (Å²) in [5, 5.41) is 2.73. The molecular weight excluding hydrogens is 392 g/mol. The molecule has 1 saturated heterocycles. The SMILES string of the molecule is CC[C@@H](C)c1ccc(NC(=O)COC(=O)[C@H]2CC(=O)N(CCc3ccccc3)C2)cc1. The minimum atomic E-state index is -0.522. The molecule has 2 aromatic carbocycles. The zero-order valence-corrected chi connectivity index (χ0v) is 18.2. The monoisotopic (exact) mass is 422 g/mol. The number of esters is 1. The fraction of sp³-hybridized carbons (Fsp3) is 0.400. The molecule has 1 heterocycles. The molecular formula is C25H30N2O4. The van der Waals surface area contributed by atoms with Gasteiger partial charge in [-0.2, -0.15) is 0 Å². The Balaban J connectivity index is 1.41. The third kappa shape index (κ3) is 6.41. The number of likely N-dealkylation sites (tertiary alicyclic amines) is 1. The van der Waals surface area contributed by atoms with Gasteiger partial charge in [-0.3, -0.25) is 14.4 Å². The summed E-state index contributed by atoms with van der Waals surface area (Å²) in [6.07, 6.45) is 1.92. The average Bonchev–Trinajstić information content (AvgIpc) is 3.17. The number of carbonyl (C=O) groups is 3. The normalized spacial score (nSPS) is 16.8. The third-order valence-corrected chi connectivity index (χ3v) is 5.78. The Morgan fingerprint density at radius 2 is 1.84 bits per heavy atom. The minimum Gasteiger partial charge on any atom is -0.455 e. The average molecular weight is 423 g/mol. The molecule has 0 aromatic heterocycles. The first-order valence-corrected chi connectivity index (χ1v) is 10.8. The van der Waals surface area contributed by atoms with Crippen molar-refractivity contribution in [2.45, 2.75) is 39.0 Å². The number of nitrogens with zero attached hydrogens (tertiary/aromatic N) is 1. The summed E-state index contributed by atoms with van der Waals surface area (Å²) in [5.41, 5.74) is 3.03. The lowest BCUT2D eigenvalue weighted by atomic mass is 9.99. The van der Waals surface area contributed by atoms with E-state index in [2.05, 4.69) is 19.2 Å². The second-order valence-corrected chi connectivity index (χ2v) is 8.06. The first-order valence-electron chi connectivity index (χ1n) is 10.8. The lowest BCUT2D eigenvalue weighted by Crippen LogP contribution is -2.29. The van der Waals surface area contributed by atoms with Gasteiger partial charge >= 0.3 is 5.97 Å². The lowest BCUT2D eigenvalue weighted by molar-refractivity contribution is -0.151. The molecule has 0 unspecified atom stereocenters. The number of anilines is 1. The Kier molecular flexibility index (Phi) is 7.82. The number of benzene rings is 2. The first-order chi connectivity index (χ1) is 15.0. The molecule has 1 aliphatic heterocycles. The van der Waals surface area contributed by atoms with Crippen LogP contribution in [-0.4, -0.2) is 42.4 Å². The Hall–Kier alpha value is -3.15.